The van der Waals surface area contributed by atoms with E-state index in [1.165, 1.54) is 10.5 Å². The Morgan fingerprint density at radius 2 is 1.21 bits per heavy atom. The molecule has 0 N–H and O–H groups in total. The minimum absolute atomic E-state index is 0.164. The third-order valence-corrected chi connectivity index (χ3v) is 4.99. The maximum Gasteiger partial charge on any atom is 0.261 e. The van der Waals surface area contributed by atoms with E-state index < -0.39 is 0 Å². The third kappa shape index (κ3) is 6.24. The van der Waals surface area contributed by atoms with Crippen molar-refractivity contribution in [3.8, 4) is 0 Å². The largest absolute Gasteiger partial charge is 0.381 e. The molecule has 5 heteroatoms. The number of hydrogen-bond donors (Lipinski definition) is 0. The van der Waals surface area contributed by atoms with Crippen molar-refractivity contribution < 1.29 is 19.1 Å². The van der Waals surface area contributed by atoms with Gasteiger partial charge in [0.1, 0.15) is 0 Å². The van der Waals surface area contributed by atoms with Gasteiger partial charge in [-0.25, -0.2) is 0 Å². The molecule has 1 aliphatic rings. The maximum absolute atomic E-state index is 12.3. The molecule has 0 unspecified atom stereocenters. The lowest BCUT2D eigenvalue weighted by atomic mass is 10.1. The summed E-state index contributed by atoms with van der Waals surface area (Å²) >= 11 is 0. The van der Waals surface area contributed by atoms with Gasteiger partial charge in [0.05, 0.1) is 17.7 Å². The normalized spacial score (nSPS) is 13.2. The van der Waals surface area contributed by atoms with Crippen LogP contribution in [0.15, 0.2) is 54.6 Å². The highest BCUT2D eigenvalue weighted by molar-refractivity contribution is 6.21. The summed E-state index contributed by atoms with van der Waals surface area (Å²) < 4.78 is 11.3. The molecule has 1 aliphatic heterocycles. The first-order chi connectivity index (χ1) is 14.3. The van der Waals surface area contributed by atoms with E-state index in [9.17, 15) is 9.59 Å². The monoisotopic (exact) mass is 395 g/mol. The van der Waals surface area contributed by atoms with Crippen LogP contribution in [0, 0.1) is 0 Å². The first kappa shape index (κ1) is 21.2. The Morgan fingerprint density at radius 3 is 1.93 bits per heavy atom. The number of benzene rings is 2. The smallest absolute Gasteiger partial charge is 0.261 e. The lowest BCUT2D eigenvalue weighted by molar-refractivity contribution is 0.0648. The molecule has 0 bridgehead atoms. The molecule has 3 rings (SSSR count). The molecular weight excluding hydrogens is 366 g/mol. The van der Waals surface area contributed by atoms with E-state index in [0.717, 1.165) is 38.7 Å². The molecule has 29 heavy (non-hydrogen) atoms. The van der Waals surface area contributed by atoms with Crippen molar-refractivity contribution in [2.75, 3.05) is 26.4 Å². The predicted octanol–water partition coefficient (Wildman–Crippen LogP) is 4.47. The molecule has 0 spiro atoms. The molecule has 2 aromatic rings. The van der Waals surface area contributed by atoms with Crippen LogP contribution >= 0.6 is 0 Å². The van der Waals surface area contributed by atoms with Gasteiger partial charge in [-0.3, -0.25) is 14.5 Å². The van der Waals surface area contributed by atoms with Gasteiger partial charge < -0.3 is 9.47 Å². The van der Waals surface area contributed by atoms with Crippen molar-refractivity contribution >= 4 is 11.8 Å². The van der Waals surface area contributed by atoms with Crippen molar-refractivity contribution in [1.29, 1.82) is 0 Å². The first-order valence-corrected chi connectivity index (χ1v) is 10.4. The Morgan fingerprint density at radius 1 is 0.621 bits per heavy atom. The van der Waals surface area contributed by atoms with Crippen LogP contribution < -0.4 is 0 Å². The summed E-state index contributed by atoms with van der Waals surface area (Å²) in [5.74, 6) is -0.327. The second-order valence-electron chi connectivity index (χ2n) is 7.23. The number of nitrogens with zero attached hydrogens (tertiary/aromatic N) is 1. The summed E-state index contributed by atoms with van der Waals surface area (Å²) in [6.07, 6.45) is 4.74. The van der Waals surface area contributed by atoms with Gasteiger partial charge in [0.2, 0.25) is 0 Å². The molecule has 0 saturated heterocycles. The maximum atomic E-state index is 12.3. The van der Waals surface area contributed by atoms with Crippen molar-refractivity contribution in [1.82, 2.24) is 4.90 Å². The Labute approximate surface area is 172 Å². The van der Waals surface area contributed by atoms with Crippen molar-refractivity contribution in [2.45, 2.75) is 38.7 Å². The van der Waals surface area contributed by atoms with Crippen molar-refractivity contribution in [2.24, 2.45) is 0 Å². The standard InChI is InChI=1S/C24H29NO4/c26-23-21-13-6-7-14-22(21)24(27)25(23)15-8-1-2-9-16-28-17-10-18-29-19-20-11-4-3-5-12-20/h3-7,11-14H,1-2,8-10,15-19H2. The predicted molar refractivity (Wildman–Crippen MR) is 112 cm³/mol. The molecule has 1 heterocycles. The molecule has 0 fully saturated rings. The van der Waals surface area contributed by atoms with E-state index in [1.807, 2.05) is 18.2 Å². The molecule has 0 aromatic heterocycles. The zero-order valence-electron chi connectivity index (χ0n) is 16.8. The van der Waals surface area contributed by atoms with E-state index in [1.54, 1.807) is 24.3 Å². The molecular formula is C24H29NO4. The van der Waals surface area contributed by atoms with Crippen LogP contribution in [0.5, 0.6) is 0 Å². The minimum atomic E-state index is -0.164. The fraction of sp³-hybridized carbons (Fsp3) is 0.417. The Bertz CT molecular complexity index is 755. The molecule has 0 aliphatic carbocycles. The number of carbonyl (C=O) groups excluding carboxylic acids is 2. The highest BCUT2D eigenvalue weighted by Gasteiger charge is 2.34. The van der Waals surface area contributed by atoms with E-state index in [4.69, 9.17) is 9.47 Å². The third-order valence-electron chi connectivity index (χ3n) is 4.99. The van der Waals surface area contributed by atoms with Crippen LogP contribution in [0.4, 0.5) is 0 Å². The lowest BCUT2D eigenvalue weighted by Gasteiger charge is -2.13. The number of fused-ring (bicyclic) bond motifs is 1. The number of hydrogen-bond acceptors (Lipinski definition) is 4. The highest BCUT2D eigenvalue weighted by atomic mass is 16.5. The lowest BCUT2D eigenvalue weighted by Crippen LogP contribution is -2.30. The van der Waals surface area contributed by atoms with E-state index in [-0.39, 0.29) is 11.8 Å². The number of ether oxygens (including phenoxy) is 2. The Balaban J connectivity index is 1.15. The Hall–Kier alpha value is -2.50. The zero-order chi connectivity index (χ0) is 20.3. The van der Waals surface area contributed by atoms with Gasteiger partial charge in [-0.05, 0) is 37.0 Å². The number of imide groups is 1. The molecule has 5 nitrogen and oxygen atoms in total. The van der Waals surface area contributed by atoms with E-state index >= 15 is 0 Å². The molecule has 2 amide bonds. The van der Waals surface area contributed by atoms with Gasteiger partial charge in [0.25, 0.3) is 11.8 Å². The first-order valence-electron chi connectivity index (χ1n) is 10.4. The average Bonchev–Trinajstić information content (AvgIpc) is 3.00. The topological polar surface area (TPSA) is 55.8 Å². The number of rotatable bonds is 13. The molecule has 2 aromatic carbocycles. The summed E-state index contributed by atoms with van der Waals surface area (Å²) in [6, 6.07) is 17.2. The van der Waals surface area contributed by atoms with E-state index in [2.05, 4.69) is 12.1 Å². The summed E-state index contributed by atoms with van der Waals surface area (Å²) in [4.78, 5) is 25.9. The van der Waals surface area contributed by atoms with Crippen molar-refractivity contribution in [3.05, 3.63) is 71.3 Å². The van der Waals surface area contributed by atoms with Crippen LogP contribution in [0.3, 0.4) is 0 Å². The Kier molecular flexibility index (Phi) is 8.40. The van der Waals surface area contributed by atoms with E-state index in [0.29, 0.717) is 37.5 Å². The molecule has 0 atom stereocenters. The van der Waals surface area contributed by atoms with Crippen molar-refractivity contribution in [3.63, 3.8) is 0 Å². The summed E-state index contributed by atoms with van der Waals surface area (Å²) in [5, 5.41) is 0. The number of amides is 2. The highest BCUT2D eigenvalue weighted by Crippen LogP contribution is 2.22. The quantitative estimate of drug-likeness (QED) is 0.371. The van der Waals surface area contributed by atoms with Crippen LogP contribution in [0.25, 0.3) is 0 Å². The fourth-order valence-corrected chi connectivity index (χ4v) is 3.40. The SMILES string of the molecule is O=C1c2ccccc2C(=O)N1CCCCCCOCCCOCc1ccccc1. The summed E-state index contributed by atoms with van der Waals surface area (Å²) in [6.45, 7) is 3.30. The van der Waals surface area contributed by atoms with Crippen LogP contribution in [0.1, 0.15) is 58.4 Å². The zero-order valence-corrected chi connectivity index (χ0v) is 16.8. The van der Waals surface area contributed by atoms with Gasteiger partial charge in [-0.2, -0.15) is 0 Å². The second-order valence-corrected chi connectivity index (χ2v) is 7.23. The van der Waals surface area contributed by atoms with Crippen LogP contribution in [0.2, 0.25) is 0 Å². The van der Waals surface area contributed by atoms with Gasteiger partial charge in [0, 0.05) is 26.4 Å². The molecule has 0 radical (unpaired) electrons. The summed E-state index contributed by atoms with van der Waals surface area (Å²) in [7, 11) is 0. The average molecular weight is 395 g/mol. The second kappa shape index (κ2) is 11.5. The number of carbonyl (C=O) groups is 2. The van der Waals surface area contributed by atoms with Gasteiger partial charge in [0.15, 0.2) is 0 Å². The minimum Gasteiger partial charge on any atom is -0.381 e. The fourth-order valence-electron chi connectivity index (χ4n) is 3.40. The van der Waals surface area contributed by atoms with Crippen LogP contribution in [-0.2, 0) is 16.1 Å². The van der Waals surface area contributed by atoms with Crippen LogP contribution in [-0.4, -0.2) is 43.1 Å². The summed E-state index contributed by atoms with van der Waals surface area (Å²) in [5.41, 5.74) is 2.24. The van der Waals surface area contributed by atoms with Gasteiger partial charge in [-0.1, -0.05) is 55.3 Å². The molecule has 154 valence electrons. The number of unbranched alkanes of at least 4 members (excludes halogenated alkanes) is 3. The molecule has 0 saturated carbocycles. The van der Waals surface area contributed by atoms with Gasteiger partial charge >= 0.3 is 0 Å². The van der Waals surface area contributed by atoms with Gasteiger partial charge in [-0.15, -0.1) is 0 Å².